The van der Waals surface area contributed by atoms with E-state index in [1.165, 1.54) is 24.3 Å². The van der Waals surface area contributed by atoms with E-state index in [1.54, 1.807) is 30.5 Å². The fraction of sp³-hybridized carbons (Fsp3) is 0.167. The van der Waals surface area contributed by atoms with Crippen molar-refractivity contribution >= 4 is 23.4 Å². The van der Waals surface area contributed by atoms with E-state index in [2.05, 4.69) is 25.0 Å². The number of fused-ring (bicyclic) bond motifs is 2. The van der Waals surface area contributed by atoms with Gasteiger partial charge in [-0.25, -0.2) is 4.98 Å². The van der Waals surface area contributed by atoms with Crippen molar-refractivity contribution in [3.8, 4) is 11.5 Å². The van der Waals surface area contributed by atoms with Crippen LogP contribution in [0.5, 0.6) is 11.5 Å². The van der Waals surface area contributed by atoms with Crippen LogP contribution in [-0.2, 0) is 10.3 Å². The Balaban J connectivity index is 0.000000967. The van der Waals surface area contributed by atoms with Crippen molar-refractivity contribution in [2.75, 3.05) is 6.61 Å². The lowest BCUT2D eigenvalue weighted by atomic mass is 9.81. The predicted molar refractivity (Wildman–Crippen MR) is 121 cm³/mol. The molecule has 3 N–H and O–H groups in total. The van der Waals surface area contributed by atoms with Gasteiger partial charge in [0.2, 0.25) is 0 Å². The molecule has 0 aliphatic carbocycles. The Morgan fingerprint density at radius 1 is 1.14 bits per heavy atom. The first-order valence-corrected chi connectivity index (χ1v) is 10.6. The molecule has 1 amide bonds. The molecule has 0 radical (unpaired) electrons. The van der Waals surface area contributed by atoms with Crippen molar-refractivity contribution in [3.63, 3.8) is 0 Å². The number of H-pyrrole nitrogens is 1. The highest BCUT2D eigenvalue weighted by Crippen LogP contribution is 2.41. The standard InChI is InChI=1S/C23H17F3N4O3.CH2O2/c24-23(25,26)33-15-9-7-14(8-10-15)22(11-13-32-18-6-3-12-27-19(18)22)30-21(31)20-28-16-4-1-2-5-17(16)29-20;2-1-3/h1-10,12H,11,13H2,(H,28,29)(H,30,31);1H,(H,2,3)/t22-;/m0./s1. The van der Waals surface area contributed by atoms with Gasteiger partial charge in [-0.05, 0) is 42.0 Å². The number of aromatic nitrogens is 3. The smallest absolute Gasteiger partial charge is 0.491 e. The molecule has 3 heterocycles. The molecule has 2 aromatic heterocycles. The van der Waals surface area contributed by atoms with Gasteiger partial charge in [-0.15, -0.1) is 13.2 Å². The van der Waals surface area contributed by atoms with E-state index in [1.807, 2.05) is 12.1 Å². The van der Waals surface area contributed by atoms with Crippen LogP contribution in [-0.4, -0.2) is 45.4 Å². The molecule has 4 aromatic rings. The van der Waals surface area contributed by atoms with Crippen LogP contribution in [0.2, 0.25) is 0 Å². The van der Waals surface area contributed by atoms with Gasteiger partial charge < -0.3 is 24.9 Å². The van der Waals surface area contributed by atoms with Crippen molar-refractivity contribution in [3.05, 3.63) is 83.9 Å². The third-order valence-corrected chi connectivity index (χ3v) is 5.42. The minimum atomic E-state index is -4.80. The zero-order valence-corrected chi connectivity index (χ0v) is 18.5. The number of benzene rings is 2. The third-order valence-electron chi connectivity index (χ3n) is 5.42. The summed E-state index contributed by atoms with van der Waals surface area (Å²) >= 11 is 0. The molecule has 186 valence electrons. The number of pyridine rings is 1. The van der Waals surface area contributed by atoms with E-state index in [9.17, 15) is 18.0 Å². The van der Waals surface area contributed by atoms with Gasteiger partial charge in [-0.3, -0.25) is 14.6 Å². The van der Waals surface area contributed by atoms with E-state index < -0.39 is 17.8 Å². The third kappa shape index (κ3) is 5.06. The average molecular weight is 500 g/mol. The maximum atomic E-state index is 13.3. The fourth-order valence-corrected chi connectivity index (χ4v) is 3.99. The SMILES string of the molecule is O=C(N[C@]1(c2ccc(OC(F)(F)F)cc2)CCOc2cccnc21)c1nc2ccccc2[nH]1.O=CO. The lowest BCUT2D eigenvalue weighted by Gasteiger charge is -2.38. The lowest BCUT2D eigenvalue weighted by molar-refractivity contribution is -0.274. The van der Waals surface area contributed by atoms with Crippen LogP contribution in [0.3, 0.4) is 0 Å². The fourth-order valence-electron chi connectivity index (χ4n) is 3.99. The molecule has 0 saturated carbocycles. The zero-order chi connectivity index (χ0) is 25.8. The first-order chi connectivity index (χ1) is 17.3. The first-order valence-electron chi connectivity index (χ1n) is 10.6. The summed E-state index contributed by atoms with van der Waals surface area (Å²) in [5.74, 6) is -0.264. The zero-order valence-electron chi connectivity index (χ0n) is 18.5. The largest absolute Gasteiger partial charge is 0.573 e. The van der Waals surface area contributed by atoms with E-state index >= 15 is 0 Å². The number of carbonyl (C=O) groups excluding carboxylic acids is 1. The maximum Gasteiger partial charge on any atom is 0.573 e. The molecule has 1 aliphatic heterocycles. The molecule has 0 fully saturated rings. The number of nitrogens with zero attached hydrogens (tertiary/aromatic N) is 2. The Morgan fingerprint density at radius 2 is 1.86 bits per heavy atom. The maximum absolute atomic E-state index is 13.3. The molecule has 0 unspecified atom stereocenters. The number of carbonyl (C=O) groups is 2. The topological polar surface area (TPSA) is 126 Å². The molecule has 5 rings (SSSR count). The Morgan fingerprint density at radius 3 is 2.56 bits per heavy atom. The van der Waals surface area contributed by atoms with Crippen molar-refractivity contribution < 1.29 is 37.3 Å². The Kier molecular flexibility index (Phi) is 6.77. The molecular weight excluding hydrogens is 481 g/mol. The van der Waals surface area contributed by atoms with Crippen molar-refractivity contribution in [1.82, 2.24) is 20.3 Å². The van der Waals surface area contributed by atoms with Crippen molar-refractivity contribution in [1.29, 1.82) is 0 Å². The number of aromatic amines is 1. The van der Waals surface area contributed by atoms with E-state index in [0.29, 0.717) is 34.5 Å². The Labute approximate surface area is 201 Å². The first kappa shape index (κ1) is 24.5. The molecule has 0 bridgehead atoms. The molecule has 0 saturated heterocycles. The van der Waals surface area contributed by atoms with Crippen molar-refractivity contribution in [2.24, 2.45) is 0 Å². The highest BCUT2D eigenvalue weighted by molar-refractivity contribution is 5.95. The number of para-hydroxylation sites is 2. The molecule has 2 aromatic carbocycles. The molecule has 9 nitrogen and oxygen atoms in total. The molecule has 36 heavy (non-hydrogen) atoms. The summed E-state index contributed by atoms with van der Waals surface area (Å²) in [6.45, 7) is 0.0138. The van der Waals surface area contributed by atoms with Gasteiger partial charge in [-0.1, -0.05) is 24.3 Å². The number of amides is 1. The molecule has 1 atom stereocenters. The number of alkyl halides is 3. The summed E-state index contributed by atoms with van der Waals surface area (Å²) in [5.41, 5.74) is 1.17. The summed E-state index contributed by atoms with van der Waals surface area (Å²) in [4.78, 5) is 33.4. The van der Waals surface area contributed by atoms with Gasteiger partial charge in [0.05, 0.1) is 17.6 Å². The van der Waals surface area contributed by atoms with Crippen LogP contribution >= 0.6 is 0 Å². The number of carboxylic acid groups (broad SMARTS) is 1. The number of nitrogens with one attached hydrogen (secondary N) is 2. The summed E-state index contributed by atoms with van der Waals surface area (Å²) in [7, 11) is 0. The molecular formula is C24H19F3N4O5. The predicted octanol–water partition coefficient (Wildman–Crippen LogP) is 4.01. The second kappa shape index (κ2) is 9.94. The highest BCUT2D eigenvalue weighted by Gasteiger charge is 2.43. The second-order valence-corrected chi connectivity index (χ2v) is 7.59. The molecule has 1 aliphatic rings. The summed E-state index contributed by atoms with van der Waals surface area (Å²) in [5, 5.41) is 9.90. The van der Waals surface area contributed by atoms with Gasteiger partial charge in [0.1, 0.15) is 22.7 Å². The van der Waals surface area contributed by atoms with E-state index in [4.69, 9.17) is 14.6 Å². The van der Waals surface area contributed by atoms with Crippen molar-refractivity contribution in [2.45, 2.75) is 18.3 Å². The summed E-state index contributed by atoms with van der Waals surface area (Å²) in [6.07, 6.45) is -2.93. The van der Waals surface area contributed by atoms with E-state index in [-0.39, 0.29) is 24.7 Å². The van der Waals surface area contributed by atoms with Crippen LogP contribution in [0.1, 0.15) is 28.3 Å². The number of ether oxygens (including phenoxy) is 2. The normalized spacial score (nSPS) is 16.6. The Hall–Kier alpha value is -4.61. The number of rotatable bonds is 4. The number of hydrogen-bond donors (Lipinski definition) is 3. The minimum absolute atomic E-state index is 0.108. The van der Waals surface area contributed by atoms with E-state index in [0.717, 1.165) is 0 Å². The Bertz CT molecular complexity index is 1340. The highest BCUT2D eigenvalue weighted by atomic mass is 19.4. The van der Waals surface area contributed by atoms with Crippen LogP contribution in [0.4, 0.5) is 13.2 Å². The monoisotopic (exact) mass is 500 g/mol. The van der Waals surface area contributed by atoms with Gasteiger partial charge in [-0.2, -0.15) is 0 Å². The molecule has 0 spiro atoms. The number of hydrogen-bond acceptors (Lipinski definition) is 6. The summed E-state index contributed by atoms with van der Waals surface area (Å²) in [6, 6.07) is 16.0. The molecule has 12 heteroatoms. The number of halogens is 3. The quantitative estimate of drug-likeness (QED) is 0.362. The summed E-state index contributed by atoms with van der Waals surface area (Å²) < 4.78 is 47.5. The average Bonchev–Trinajstić information content (AvgIpc) is 3.29. The van der Waals surface area contributed by atoms with Crippen LogP contribution in [0.15, 0.2) is 66.9 Å². The van der Waals surface area contributed by atoms with Gasteiger partial charge >= 0.3 is 6.36 Å². The lowest BCUT2D eigenvalue weighted by Crippen LogP contribution is -2.50. The number of imidazole rings is 1. The van der Waals surface area contributed by atoms with Gasteiger partial charge in [0.25, 0.3) is 12.4 Å². The van der Waals surface area contributed by atoms with Crippen LogP contribution in [0, 0.1) is 0 Å². The van der Waals surface area contributed by atoms with Crippen LogP contribution in [0.25, 0.3) is 11.0 Å². The second-order valence-electron chi connectivity index (χ2n) is 7.59. The van der Waals surface area contributed by atoms with Crippen LogP contribution < -0.4 is 14.8 Å². The van der Waals surface area contributed by atoms with Gasteiger partial charge in [0.15, 0.2) is 5.82 Å². The minimum Gasteiger partial charge on any atom is -0.491 e. The van der Waals surface area contributed by atoms with Gasteiger partial charge in [0, 0.05) is 12.6 Å².